The van der Waals surface area contributed by atoms with Crippen LogP contribution in [0, 0.1) is 0 Å². The van der Waals surface area contributed by atoms with E-state index in [4.69, 9.17) is 0 Å². The second-order valence-corrected chi connectivity index (χ2v) is 11.6. The van der Waals surface area contributed by atoms with Crippen molar-refractivity contribution in [1.29, 1.82) is 0 Å². The predicted octanol–water partition coefficient (Wildman–Crippen LogP) is 3.91. The fourth-order valence-corrected chi connectivity index (χ4v) is 6.38. The molecule has 0 radical (unpaired) electrons. The Labute approximate surface area is 177 Å². The molecule has 0 bridgehead atoms. The lowest BCUT2D eigenvalue weighted by Gasteiger charge is -2.30. The monoisotopic (exact) mass is 432 g/mol. The summed E-state index contributed by atoms with van der Waals surface area (Å²) in [5, 5.41) is 0. The van der Waals surface area contributed by atoms with E-state index in [0.717, 1.165) is 42.9 Å². The Kier molecular flexibility index (Phi) is 5.82. The highest BCUT2D eigenvalue weighted by Gasteiger charge is 2.33. The van der Waals surface area contributed by atoms with Crippen molar-refractivity contribution in [1.82, 2.24) is 9.80 Å². The second kappa shape index (κ2) is 8.20. The summed E-state index contributed by atoms with van der Waals surface area (Å²) in [5.74, 6) is 0.105. The van der Waals surface area contributed by atoms with Gasteiger partial charge in [-0.2, -0.15) is 0 Å². The van der Waals surface area contributed by atoms with Gasteiger partial charge in [0.15, 0.2) is 9.84 Å². The van der Waals surface area contributed by atoms with E-state index in [2.05, 4.69) is 11.8 Å². The van der Waals surface area contributed by atoms with E-state index in [0.29, 0.717) is 21.9 Å². The van der Waals surface area contributed by atoms with Gasteiger partial charge in [0.2, 0.25) is 0 Å². The Bertz CT molecular complexity index is 982. The van der Waals surface area contributed by atoms with Crippen LogP contribution < -0.4 is 0 Å². The zero-order valence-corrected chi connectivity index (χ0v) is 18.6. The number of rotatable bonds is 5. The molecular weight excluding hydrogens is 404 g/mol. The number of nitrogens with zero attached hydrogens (tertiary/aromatic N) is 2. The van der Waals surface area contributed by atoms with Crippen molar-refractivity contribution in [3.05, 3.63) is 42.0 Å². The van der Waals surface area contributed by atoms with Gasteiger partial charge in [-0.25, -0.2) is 8.42 Å². The van der Waals surface area contributed by atoms with Crippen molar-refractivity contribution in [2.45, 2.75) is 48.9 Å². The van der Waals surface area contributed by atoms with E-state index in [1.54, 1.807) is 6.07 Å². The molecule has 2 aliphatic rings. The molecule has 0 saturated carbocycles. The number of hydrogen-bond acceptors (Lipinski definition) is 5. The van der Waals surface area contributed by atoms with E-state index < -0.39 is 9.84 Å². The van der Waals surface area contributed by atoms with E-state index in [-0.39, 0.29) is 5.91 Å². The minimum atomic E-state index is -3.19. The van der Waals surface area contributed by atoms with Gasteiger partial charge >= 0.3 is 0 Å². The molecule has 5 nitrogen and oxygen atoms in total. The van der Waals surface area contributed by atoms with Crippen LogP contribution in [0.3, 0.4) is 0 Å². The van der Waals surface area contributed by atoms with Gasteiger partial charge in [0.1, 0.15) is 4.21 Å². The van der Waals surface area contributed by atoms with Crippen molar-refractivity contribution >= 4 is 27.1 Å². The molecule has 0 aliphatic carbocycles. The van der Waals surface area contributed by atoms with E-state index in [1.807, 2.05) is 35.2 Å². The molecule has 29 heavy (non-hydrogen) atoms. The van der Waals surface area contributed by atoms with Gasteiger partial charge in [0.25, 0.3) is 5.91 Å². The van der Waals surface area contributed by atoms with Gasteiger partial charge in [-0.15, -0.1) is 11.3 Å². The quantitative estimate of drug-likeness (QED) is 0.719. The van der Waals surface area contributed by atoms with Gasteiger partial charge in [-0.3, -0.25) is 9.69 Å². The number of carbonyl (C=O) groups is 1. The van der Waals surface area contributed by atoms with Gasteiger partial charge in [0.05, 0.1) is 0 Å². The van der Waals surface area contributed by atoms with Crippen LogP contribution in [-0.2, 0) is 9.84 Å². The van der Waals surface area contributed by atoms with E-state index in [9.17, 15) is 13.2 Å². The standard InChI is InChI=1S/C22H28N2O3S2/c1-16-5-3-13-23(16)15-19-6-4-14-24(19)22(25)18-9-7-17(8-10-18)20-11-12-21(28-20)29(2,26)27/h7-12,16,19H,3-6,13-15H2,1-2H3/t16-,19+/m1/s1. The summed E-state index contributed by atoms with van der Waals surface area (Å²) in [6, 6.07) is 12.0. The Morgan fingerprint density at radius 2 is 1.79 bits per heavy atom. The molecule has 2 aliphatic heterocycles. The Morgan fingerprint density at radius 3 is 2.41 bits per heavy atom. The number of likely N-dealkylation sites (tertiary alicyclic amines) is 2. The summed E-state index contributed by atoms with van der Waals surface area (Å²) in [6.45, 7) is 5.24. The third-order valence-corrected chi connectivity index (χ3v) is 9.09. The summed E-state index contributed by atoms with van der Waals surface area (Å²) in [7, 11) is -3.19. The molecule has 0 spiro atoms. The van der Waals surface area contributed by atoms with Crippen LogP contribution in [0.4, 0.5) is 0 Å². The number of hydrogen-bond donors (Lipinski definition) is 0. The molecule has 2 fully saturated rings. The van der Waals surface area contributed by atoms with Crippen LogP contribution in [0.2, 0.25) is 0 Å². The largest absolute Gasteiger partial charge is 0.334 e. The van der Waals surface area contributed by atoms with Crippen LogP contribution in [0.25, 0.3) is 10.4 Å². The average molecular weight is 433 g/mol. The molecule has 1 aromatic heterocycles. The number of benzene rings is 1. The van der Waals surface area contributed by atoms with Crippen LogP contribution in [0.1, 0.15) is 43.0 Å². The van der Waals surface area contributed by atoms with E-state index in [1.165, 1.54) is 30.4 Å². The maximum Gasteiger partial charge on any atom is 0.254 e. The molecule has 4 rings (SSSR count). The lowest BCUT2D eigenvalue weighted by atomic mass is 10.1. The molecule has 2 saturated heterocycles. The predicted molar refractivity (Wildman–Crippen MR) is 117 cm³/mol. The smallest absolute Gasteiger partial charge is 0.254 e. The summed E-state index contributed by atoms with van der Waals surface area (Å²) < 4.78 is 23.8. The zero-order chi connectivity index (χ0) is 20.6. The molecule has 1 aromatic carbocycles. The second-order valence-electron chi connectivity index (χ2n) is 8.25. The molecular formula is C22H28N2O3S2. The highest BCUT2D eigenvalue weighted by Crippen LogP contribution is 2.31. The molecule has 2 aromatic rings. The number of sulfone groups is 1. The lowest BCUT2D eigenvalue weighted by molar-refractivity contribution is 0.0696. The Morgan fingerprint density at radius 1 is 1.07 bits per heavy atom. The summed E-state index contributed by atoms with van der Waals surface area (Å²) in [4.78, 5) is 18.6. The average Bonchev–Trinajstić information content (AvgIpc) is 3.43. The first-order chi connectivity index (χ1) is 13.8. The molecule has 0 unspecified atom stereocenters. The molecule has 1 amide bonds. The SMILES string of the molecule is C[C@@H]1CCCN1C[C@@H]1CCCN1C(=O)c1ccc(-c2ccc(S(C)(=O)=O)s2)cc1. The highest BCUT2D eigenvalue weighted by molar-refractivity contribution is 7.92. The first-order valence-electron chi connectivity index (χ1n) is 10.3. The van der Waals surface area contributed by atoms with Crippen molar-refractivity contribution in [3.63, 3.8) is 0 Å². The first-order valence-corrected chi connectivity index (χ1v) is 13.0. The topological polar surface area (TPSA) is 57.7 Å². The first kappa shape index (κ1) is 20.6. The minimum absolute atomic E-state index is 0.105. The summed E-state index contributed by atoms with van der Waals surface area (Å²) >= 11 is 1.26. The molecule has 0 N–H and O–H groups in total. The zero-order valence-electron chi connectivity index (χ0n) is 17.0. The highest BCUT2D eigenvalue weighted by atomic mass is 32.2. The number of thiophene rings is 1. The van der Waals surface area contributed by atoms with Crippen LogP contribution in [-0.4, -0.2) is 62.1 Å². The van der Waals surface area contributed by atoms with E-state index >= 15 is 0 Å². The summed E-state index contributed by atoms with van der Waals surface area (Å²) in [5.41, 5.74) is 1.64. The third-order valence-electron chi connectivity index (χ3n) is 6.14. The fourth-order valence-electron chi connectivity index (χ4n) is 4.45. The van der Waals surface area contributed by atoms with Gasteiger partial charge in [-0.05, 0) is 69.0 Å². The maximum absolute atomic E-state index is 13.1. The van der Waals surface area contributed by atoms with Crippen molar-refractivity contribution in [3.8, 4) is 10.4 Å². The third kappa shape index (κ3) is 4.42. The molecule has 2 atom stereocenters. The fraction of sp³-hybridized carbons (Fsp3) is 0.500. The molecule has 7 heteroatoms. The lowest BCUT2D eigenvalue weighted by Crippen LogP contribution is -2.44. The Balaban J connectivity index is 1.47. The van der Waals surface area contributed by atoms with Crippen LogP contribution >= 0.6 is 11.3 Å². The number of amides is 1. The number of carbonyl (C=O) groups excluding carboxylic acids is 1. The van der Waals surface area contributed by atoms with Crippen LogP contribution in [0.15, 0.2) is 40.6 Å². The van der Waals surface area contributed by atoms with Gasteiger partial charge in [0, 0.05) is 41.9 Å². The normalized spacial score (nSPS) is 23.0. The van der Waals surface area contributed by atoms with Crippen LogP contribution in [0.5, 0.6) is 0 Å². The molecule has 3 heterocycles. The van der Waals surface area contributed by atoms with Crippen molar-refractivity contribution in [2.24, 2.45) is 0 Å². The maximum atomic E-state index is 13.1. The van der Waals surface area contributed by atoms with Gasteiger partial charge in [-0.1, -0.05) is 12.1 Å². The molecule has 156 valence electrons. The summed E-state index contributed by atoms with van der Waals surface area (Å²) in [6.07, 6.45) is 5.88. The Hall–Kier alpha value is -1.70. The van der Waals surface area contributed by atoms with Crippen molar-refractivity contribution in [2.75, 3.05) is 25.9 Å². The van der Waals surface area contributed by atoms with Crippen molar-refractivity contribution < 1.29 is 13.2 Å². The minimum Gasteiger partial charge on any atom is -0.334 e. The van der Waals surface area contributed by atoms with Gasteiger partial charge < -0.3 is 4.90 Å².